The minimum atomic E-state index is -0.0575. The molecule has 1 N–H and O–H groups in total. The van der Waals surface area contributed by atoms with Crippen LogP contribution in [-0.2, 0) is 10.2 Å². The summed E-state index contributed by atoms with van der Waals surface area (Å²) in [6.45, 7) is 7.67. The summed E-state index contributed by atoms with van der Waals surface area (Å²) >= 11 is 0. The summed E-state index contributed by atoms with van der Waals surface area (Å²) in [5.74, 6) is 0.0453. The first kappa shape index (κ1) is 19.2. The van der Waals surface area contributed by atoms with Gasteiger partial charge in [-0.2, -0.15) is 0 Å². The number of likely N-dealkylation sites (tertiary alicyclic amines) is 1. The van der Waals surface area contributed by atoms with Gasteiger partial charge in [-0.25, -0.2) is 0 Å². The van der Waals surface area contributed by atoms with E-state index in [-0.39, 0.29) is 23.1 Å². The van der Waals surface area contributed by atoms with Gasteiger partial charge in [-0.3, -0.25) is 9.59 Å². The number of hydrogen-bond donors (Lipinski definition) is 1. The Morgan fingerprint density at radius 2 is 1.52 bits per heavy atom. The predicted molar refractivity (Wildman–Crippen MR) is 109 cm³/mol. The first-order valence-corrected chi connectivity index (χ1v) is 9.61. The van der Waals surface area contributed by atoms with Gasteiger partial charge in [-0.1, -0.05) is 57.2 Å². The Hall–Kier alpha value is -2.62. The summed E-state index contributed by atoms with van der Waals surface area (Å²) in [5.41, 5.74) is 2.70. The number of carbonyl (C=O) groups excluding carboxylic acids is 2. The maximum absolute atomic E-state index is 12.8. The number of piperidine rings is 1. The molecule has 0 atom stereocenters. The molecule has 1 saturated heterocycles. The molecule has 0 aliphatic carbocycles. The van der Waals surface area contributed by atoms with Crippen molar-refractivity contribution in [3.8, 4) is 0 Å². The fourth-order valence-electron chi connectivity index (χ4n) is 3.59. The van der Waals surface area contributed by atoms with Crippen molar-refractivity contribution >= 4 is 17.5 Å². The molecule has 2 aromatic carbocycles. The van der Waals surface area contributed by atoms with E-state index in [4.69, 9.17) is 0 Å². The van der Waals surface area contributed by atoms with Crippen LogP contribution >= 0.6 is 0 Å². The number of nitrogens with zero attached hydrogens (tertiary/aromatic N) is 1. The van der Waals surface area contributed by atoms with Crippen LogP contribution in [0.3, 0.4) is 0 Å². The standard InChI is InChI=1S/C23H28N2O2/c1-23(2,3)19-11-7-8-12-20(19)24-21(26)17-13-15-25(16-14-17)22(27)18-9-5-4-6-10-18/h4-12,17H,13-16H2,1-3H3,(H,24,26). The van der Waals surface area contributed by atoms with E-state index in [2.05, 4.69) is 32.2 Å². The Morgan fingerprint density at radius 1 is 0.926 bits per heavy atom. The van der Waals surface area contributed by atoms with Crippen LogP contribution in [-0.4, -0.2) is 29.8 Å². The van der Waals surface area contributed by atoms with E-state index in [1.807, 2.05) is 53.4 Å². The van der Waals surface area contributed by atoms with Gasteiger partial charge in [0, 0.05) is 30.3 Å². The van der Waals surface area contributed by atoms with Gasteiger partial charge in [0.2, 0.25) is 5.91 Å². The number of carbonyl (C=O) groups is 2. The zero-order chi connectivity index (χ0) is 19.4. The molecule has 0 bridgehead atoms. The van der Waals surface area contributed by atoms with E-state index in [0.717, 1.165) is 11.3 Å². The highest BCUT2D eigenvalue weighted by Gasteiger charge is 2.28. The molecule has 0 spiro atoms. The van der Waals surface area contributed by atoms with Crippen LogP contribution in [0.2, 0.25) is 0 Å². The third-order valence-electron chi connectivity index (χ3n) is 5.17. The van der Waals surface area contributed by atoms with Crippen LogP contribution in [0.4, 0.5) is 5.69 Å². The van der Waals surface area contributed by atoms with Gasteiger partial charge in [0.15, 0.2) is 0 Å². The van der Waals surface area contributed by atoms with E-state index in [1.54, 1.807) is 0 Å². The monoisotopic (exact) mass is 364 g/mol. The second kappa shape index (κ2) is 7.95. The van der Waals surface area contributed by atoms with Crippen molar-refractivity contribution in [2.45, 2.75) is 39.0 Å². The van der Waals surface area contributed by atoms with Crippen LogP contribution in [0.5, 0.6) is 0 Å². The van der Waals surface area contributed by atoms with Gasteiger partial charge in [0.1, 0.15) is 0 Å². The van der Waals surface area contributed by atoms with Gasteiger partial charge in [-0.15, -0.1) is 0 Å². The smallest absolute Gasteiger partial charge is 0.253 e. The topological polar surface area (TPSA) is 49.4 Å². The molecule has 2 aromatic rings. The van der Waals surface area contributed by atoms with Gasteiger partial charge in [0.05, 0.1) is 0 Å². The van der Waals surface area contributed by atoms with E-state index in [9.17, 15) is 9.59 Å². The fraction of sp³-hybridized carbons (Fsp3) is 0.391. The van der Waals surface area contributed by atoms with E-state index in [1.165, 1.54) is 0 Å². The lowest BCUT2D eigenvalue weighted by molar-refractivity contribution is -0.121. The van der Waals surface area contributed by atoms with Gasteiger partial charge < -0.3 is 10.2 Å². The predicted octanol–water partition coefficient (Wildman–Crippen LogP) is 4.48. The highest BCUT2D eigenvalue weighted by atomic mass is 16.2. The quantitative estimate of drug-likeness (QED) is 0.873. The number of para-hydroxylation sites is 1. The molecule has 4 nitrogen and oxygen atoms in total. The Bertz CT molecular complexity index is 801. The molecular formula is C23H28N2O2. The SMILES string of the molecule is CC(C)(C)c1ccccc1NC(=O)C1CCN(C(=O)c2ccccc2)CC1. The molecule has 0 saturated carbocycles. The molecule has 1 aliphatic heterocycles. The zero-order valence-electron chi connectivity index (χ0n) is 16.4. The van der Waals surface area contributed by atoms with Crippen molar-refractivity contribution < 1.29 is 9.59 Å². The van der Waals surface area contributed by atoms with Crippen LogP contribution in [0.1, 0.15) is 49.5 Å². The Kier molecular flexibility index (Phi) is 5.64. The lowest BCUT2D eigenvalue weighted by atomic mass is 9.85. The van der Waals surface area contributed by atoms with Crippen molar-refractivity contribution in [1.29, 1.82) is 0 Å². The first-order chi connectivity index (χ1) is 12.9. The van der Waals surface area contributed by atoms with Crippen molar-refractivity contribution in [3.05, 3.63) is 65.7 Å². The van der Waals surface area contributed by atoms with Crippen LogP contribution in [0.15, 0.2) is 54.6 Å². The maximum atomic E-state index is 12.8. The zero-order valence-corrected chi connectivity index (χ0v) is 16.4. The highest BCUT2D eigenvalue weighted by molar-refractivity contribution is 5.95. The number of hydrogen-bond acceptors (Lipinski definition) is 2. The van der Waals surface area contributed by atoms with Crippen molar-refractivity contribution in [1.82, 2.24) is 4.90 Å². The summed E-state index contributed by atoms with van der Waals surface area (Å²) in [5, 5.41) is 3.12. The molecule has 142 valence electrons. The third-order valence-corrected chi connectivity index (χ3v) is 5.17. The number of nitrogens with one attached hydrogen (secondary N) is 1. The fourth-order valence-corrected chi connectivity index (χ4v) is 3.59. The van der Waals surface area contributed by atoms with Gasteiger partial charge >= 0.3 is 0 Å². The van der Waals surface area contributed by atoms with E-state index < -0.39 is 0 Å². The lowest BCUT2D eigenvalue weighted by Gasteiger charge is -2.32. The second-order valence-corrected chi connectivity index (χ2v) is 8.22. The Labute approximate surface area is 161 Å². The molecule has 1 aliphatic rings. The third kappa shape index (κ3) is 4.57. The summed E-state index contributed by atoms with van der Waals surface area (Å²) < 4.78 is 0. The molecule has 4 heteroatoms. The molecule has 1 heterocycles. The molecule has 0 radical (unpaired) electrons. The van der Waals surface area contributed by atoms with Gasteiger partial charge in [-0.05, 0) is 42.0 Å². The summed E-state index contributed by atoms with van der Waals surface area (Å²) in [4.78, 5) is 27.2. The number of benzene rings is 2. The Morgan fingerprint density at radius 3 is 2.15 bits per heavy atom. The van der Waals surface area contributed by atoms with Crippen LogP contribution in [0, 0.1) is 5.92 Å². The molecule has 2 amide bonds. The normalized spacial score (nSPS) is 15.4. The van der Waals surface area contributed by atoms with E-state index in [0.29, 0.717) is 31.5 Å². The van der Waals surface area contributed by atoms with Gasteiger partial charge in [0.25, 0.3) is 5.91 Å². The summed E-state index contributed by atoms with van der Waals surface area (Å²) in [6, 6.07) is 17.3. The maximum Gasteiger partial charge on any atom is 0.253 e. The van der Waals surface area contributed by atoms with Crippen LogP contribution < -0.4 is 5.32 Å². The largest absolute Gasteiger partial charge is 0.339 e. The summed E-state index contributed by atoms with van der Waals surface area (Å²) in [7, 11) is 0. The molecule has 0 aromatic heterocycles. The molecule has 1 fully saturated rings. The van der Waals surface area contributed by atoms with Crippen molar-refractivity contribution in [2.24, 2.45) is 5.92 Å². The average molecular weight is 364 g/mol. The van der Waals surface area contributed by atoms with Crippen molar-refractivity contribution in [2.75, 3.05) is 18.4 Å². The molecule has 3 rings (SSSR count). The molecule has 0 unspecified atom stereocenters. The van der Waals surface area contributed by atoms with Crippen molar-refractivity contribution in [3.63, 3.8) is 0 Å². The molecule has 27 heavy (non-hydrogen) atoms. The highest BCUT2D eigenvalue weighted by Crippen LogP contribution is 2.30. The number of rotatable bonds is 3. The average Bonchev–Trinajstić information content (AvgIpc) is 2.68. The van der Waals surface area contributed by atoms with E-state index >= 15 is 0 Å². The number of amides is 2. The minimum Gasteiger partial charge on any atom is -0.339 e. The van der Waals surface area contributed by atoms with Crippen LogP contribution in [0.25, 0.3) is 0 Å². The minimum absolute atomic E-state index is 0.0324. The lowest BCUT2D eigenvalue weighted by Crippen LogP contribution is -2.41. The molecular weight excluding hydrogens is 336 g/mol. The summed E-state index contributed by atoms with van der Waals surface area (Å²) in [6.07, 6.45) is 1.39. The Balaban J connectivity index is 1.61. The number of anilines is 1. The first-order valence-electron chi connectivity index (χ1n) is 9.61. The second-order valence-electron chi connectivity index (χ2n) is 8.22.